The summed E-state index contributed by atoms with van der Waals surface area (Å²) in [5, 5.41) is 4.72. The Balaban J connectivity index is 1.58. The van der Waals surface area contributed by atoms with Crippen molar-refractivity contribution in [1.82, 2.24) is 29.5 Å². The summed E-state index contributed by atoms with van der Waals surface area (Å²) in [6, 6.07) is 10.7. The van der Waals surface area contributed by atoms with Crippen molar-refractivity contribution in [3.8, 4) is 5.69 Å². The zero-order valence-electron chi connectivity index (χ0n) is 16.9. The van der Waals surface area contributed by atoms with Gasteiger partial charge in [0.1, 0.15) is 17.7 Å². The van der Waals surface area contributed by atoms with Gasteiger partial charge in [0, 0.05) is 23.0 Å². The Labute approximate surface area is 192 Å². The van der Waals surface area contributed by atoms with E-state index >= 15 is 0 Å². The molecule has 0 amide bonds. The molecule has 2 N–H and O–H groups in total. The molecule has 0 unspecified atom stereocenters. The number of aromatic nitrogens is 6. The van der Waals surface area contributed by atoms with E-state index in [4.69, 9.17) is 28.2 Å². The van der Waals surface area contributed by atoms with Gasteiger partial charge in [-0.2, -0.15) is 0 Å². The number of nitrogens with zero attached hydrogens (tertiary/aromatic N) is 5. The summed E-state index contributed by atoms with van der Waals surface area (Å²) in [7, 11) is 0. The summed E-state index contributed by atoms with van der Waals surface area (Å²) < 4.78 is 1.57. The van der Waals surface area contributed by atoms with E-state index in [1.807, 2.05) is 25.1 Å². The summed E-state index contributed by atoms with van der Waals surface area (Å²) in [6.07, 6.45) is 3.47. The number of hydrogen-bond donors (Lipinski definition) is 2. The highest BCUT2D eigenvalue weighted by Crippen LogP contribution is 2.23. The SMILES string of the molecule is Cc1cccc2nc(CCNc3ncnc4nc[nH]c34)n(-c3cc(Cl)cc(Cl)c3)c(=O)c12. The van der Waals surface area contributed by atoms with Crippen LogP contribution in [0.3, 0.4) is 0 Å². The van der Waals surface area contributed by atoms with Gasteiger partial charge in [0.25, 0.3) is 5.56 Å². The third-order valence-electron chi connectivity index (χ3n) is 5.14. The van der Waals surface area contributed by atoms with Crippen LogP contribution in [0.5, 0.6) is 0 Å². The van der Waals surface area contributed by atoms with E-state index in [0.29, 0.717) is 62.4 Å². The van der Waals surface area contributed by atoms with Gasteiger partial charge >= 0.3 is 0 Å². The molecule has 0 fully saturated rings. The van der Waals surface area contributed by atoms with Gasteiger partial charge in [0.05, 0.1) is 22.9 Å². The molecule has 5 rings (SSSR count). The Hall–Kier alpha value is -3.49. The van der Waals surface area contributed by atoms with Gasteiger partial charge in [-0.3, -0.25) is 9.36 Å². The zero-order valence-corrected chi connectivity index (χ0v) is 18.4. The number of aryl methyl sites for hydroxylation is 1. The number of aromatic amines is 1. The van der Waals surface area contributed by atoms with Gasteiger partial charge in [-0.15, -0.1) is 0 Å². The topological polar surface area (TPSA) is 101 Å². The maximum atomic E-state index is 13.5. The number of fused-ring (bicyclic) bond motifs is 2. The number of H-pyrrole nitrogens is 1. The van der Waals surface area contributed by atoms with Crippen molar-refractivity contribution in [2.24, 2.45) is 0 Å². The first kappa shape index (κ1) is 20.4. The van der Waals surface area contributed by atoms with Crippen molar-refractivity contribution in [2.75, 3.05) is 11.9 Å². The molecule has 0 aliphatic carbocycles. The number of anilines is 1. The van der Waals surface area contributed by atoms with E-state index in [2.05, 4.69) is 25.3 Å². The molecule has 0 bridgehead atoms. The summed E-state index contributed by atoms with van der Waals surface area (Å²) in [4.78, 5) is 33.9. The number of imidazole rings is 1. The Morgan fingerprint density at radius 2 is 1.91 bits per heavy atom. The summed E-state index contributed by atoms with van der Waals surface area (Å²) in [6.45, 7) is 2.37. The van der Waals surface area contributed by atoms with Crippen LogP contribution in [0.2, 0.25) is 10.0 Å². The van der Waals surface area contributed by atoms with Crippen molar-refractivity contribution in [2.45, 2.75) is 13.3 Å². The fourth-order valence-electron chi connectivity index (χ4n) is 3.74. The van der Waals surface area contributed by atoms with E-state index in [-0.39, 0.29) is 5.56 Å². The number of halogens is 2. The molecule has 10 heteroatoms. The van der Waals surface area contributed by atoms with Crippen LogP contribution in [0.4, 0.5) is 5.82 Å². The number of benzene rings is 2. The first-order chi connectivity index (χ1) is 15.5. The van der Waals surface area contributed by atoms with Gasteiger partial charge in [-0.05, 0) is 36.8 Å². The second kappa shape index (κ2) is 8.22. The second-order valence-electron chi connectivity index (χ2n) is 7.27. The van der Waals surface area contributed by atoms with Crippen molar-refractivity contribution >= 4 is 51.1 Å². The third kappa shape index (κ3) is 3.68. The van der Waals surface area contributed by atoms with Crippen LogP contribution < -0.4 is 10.9 Å². The average molecular weight is 466 g/mol. The molecule has 32 heavy (non-hydrogen) atoms. The predicted molar refractivity (Wildman–Crippen MR) is 126 cm³/mol. The molecule has 5 aromatic rings. The number of rotatable bonds is 5. The Morgan fingerprint density at radius 3 is 2.72 bits per heavy atom. The van der Waals surface area contributed by atoms with Gasteiger partial charge in [0.2, 0.25) is 0 Å². The molecule has 0 atom stereocenters. The lowest BCUT2D eigenvalue weighted by atomic mass is 10.1. The smallest absolute Gasteiger partial charge is 0.266 e. The minimum Gasteiger partial charge on any atom is -0.368 e. The molecule has 0 radical (unpaired) electrons. The Morgan fingerprint density at radius 1 is 1.09 bits per heavy atom. The van der Waals surface area contributed by atoms with Crippen LogP contribution >= 0.6 is 23.2 Å². The van der Waals surface area contributed by atoms with Gasteiger partial charge in [0.15, 0.2) is 11.5 Å². The first-order valence-corrected chi connectivity index (χ1v) is 10.6. The zero-order chi connectivity index (χ0) is 22.2. The third-order valence-corrected chi connectivity index (χ3v) is 5.58. The van der Waals surface area contributed by atoms with Gasteiger partial charge in [-0.1, -0.05) is 35.3 Å². The Bertz CT molecular complexity index is 1510. The molecule has 160 valence electrons. The van der Waals surface area contributed by atoms with Crippen molar-refractivity contribution in [3.63, 3.8) is 0 Å². The first-order valence-electron chi connectivity index (χ1n) is 9.87. The highest BCUT2D eigenvalue weighted by molar-refractivity contribution is 6.34. The van der Waals surface area contributed by atoms with Crippen LogP contribution in [0.1, 0.15) is 11.4 Å². The van der Waals surface area contributed by atoms with E-state index < -0.39 is 0 Å². The van der Waals surface area contributed by atoms with Crippen LogP contribution in [-0.4, -0.2) is 36.0 Å². The molecule has 0 spiro atoms. The maximum Gasteiger partial charge on any atom is 0.266 e. The lowest BCUT2D eigenvalue weighted by Gasteiger charge is -2.15. The lowest BCUT2D eigenvalue weighted by molar-refractivity contribution is 0.809. The normalized spacial score (nSPS) is 11.3. The summed E-state index contributed by atoms with van der Waals surface area (Å²) in [5.74, 6) is 1.21. The molecular formula is C22H17Cl2N7O. The monoisotopic (exact) mass is 465 g/mol. The molecule has 0 saturated heterocycles. The summed E-state index contributed by atoms with van der Waals surface area (Å²) in [5.41, 5.74) is 3.19. The number of nitrogens with one attached hydrogen (secondary N) is 2. The highest BCUT2D eigenvalue weighted by atomic mass is 35.5. The largest absolute Gasteiger partial charge is 0.368 e. The highest BCUT2D eigenvalue weighted by Gasteiger charge is 2.15. The van der Waals surface area contributed by atoms with E-state index in [1.165, 1.54) is 6.33 Å². The Kier molecular flexibility index (Phi) is 5.24. The molecule has 3 aromatic heterocycles. The average Bonchev–Trinajstić information content (AvgIpc) is 3.23. The minimum absolute atomic E-state index is 0.167. The lowest BCUT2D eigenvalue weighted by Crippen LogP contribution is -2.26. The van der Waals surface area contributed by atoms with Crippen LogP contribution in [0.15, 0.2) is 53.8 Å². The molecule has 0 saturated carbocycles. The number of hydrogen-bond acceptors (Lipinski definition) is 6. The summed E-state index contributed by atoms with van der Waals surface area (Å²) >= 11 is 12.5. The fourth-order valence-corrected chi connectivity index (χ4v) is 4.25. The van der Waals surface area contributed by atoms with Gasteiger partial charge in [-0.25, -0.2) is 19.9 Å². The minimum atomic E-state index is -0.167. The van der Waals surface area contributed by atoms with Crippen LogP contribution in [0, 0.1) is 6.92 Å². The van der Waals surface area contributed by atoms with Gasteiger partial charge < -0.3 is 10.3 Å². The molecule has 0 aliphatic heterocycles. The van der Waals surface area contributed by atoms with Crippen molar-refractivity contribution < 1.29 is 0 Å². The van der Waals surface area contributed by atoms with Crippen molar-refractivity contribution in [3.05, 3.63) is 80.8 Å². The molecular weight excluding hydrogens is 449 g/mol. The molecule has 0 aliphatic rings. The maximum absolute atomic E-state index is 13.5. The quantitative estimate of drug-likeness (QED) is 0.400. The van der Waals surface area contributed by atoms with Crippen molar-refractivity contribution in [1.29, 1.82) is 0 Å². The predicted octanol–water partition coefficient (Wildman–Crippen LogP) is 4.32. The molecule has 3 heterocycles. The van der Waals surface area contributed by atoms with Crippen LogP contribution in [0.25, 0.3) is 27.8 Å². The standard InChI is InChI=1S/C22H17Cl2N7O/c1-12-3-2-4-16-18(12)22(32)31(15-8-13(23)7-14(24)9-15)17(30-16)5-6-25-20-19-21(27-10-26-19)29-11-28-20/h2-4,7-11H,5-6H2,1H3,(H2,25,26,27,28,29). The van der Waals surface area contributed by atoms with E-state index in [0.717, 1.165) is 5.56 Å². The second-order valence-corrected chi connectivity index (χ2v) is 8.14. The van der Waals surface area contributed by atoms with Crippen LogP contribution in [-0.2, 0) is 6.42 Å². The van der Waals surface area contributed by atoms with E-state index in [9.17, 15) is 4.79 Å². The van der Waals surface area contributed by atoms with E-state index in [1.54, 1.807) is 29.1 Å². The molecule has 2 aromatic carbocycles. The fraction of sp³-hybridized carbons (Fsp3) is 0.136. The molecule has 8 nitrogen and oxygen atoms in total.